The number of hydrazine groups is 1. The highest BCUT2D eigenvalue weighted by molar-refractivity contribution is 7.89. The van der Waals surface area contributed by atoms with Gasteiger partial charge in [-0.05, 0) is 48.7 Å². The van der Waals surface area contributed by atoms with E-state index in [1.165, 1.54) is 6.34 Å². The van der Waals surface area contributed by atoms with E-state index in [0.717, 1.165) is 0 Å². The van der Waals surface area contributed by atoms with Crippen LogP contribution >= 0.6 is 0 Å². The predicted octanol–water partition coefficient (Wildman–Crippen LogP) is 1.78. The molecule has 0 bridgehead atoms. The maximum Gasteiger partial charge on any atom is 0.322 e. The summed E-state index contributed by atoms with van der Waals surface area (Å²) < 4.78 is 26.3. The van der Waals surface area contributed by atoms with E-state index in [0.29, 0.717) is 35.3 Å². The SMILES string of the molecule is CCCCS(=O)(=O)NC(Cc1ccc(NC(=O)c2cccc(N=CNN)c2)cc1)C(=O)O. The highest BCUT2D eigenvalue weighted by atomic mass is 32.2. The monoisotopic (exact) mass is 461 g/mol. The summed E-state index contributed by atoms with van der Waals surface area (Å²) in [5.74, 6) is 3.42. The number of aliphatic carboxylic acids is 1. The van der Waals surface area contributed by atoms with Crippen molar-refractivity contribution < 1.29 is 23.1 Å². The maximum absolute atomic E-state index is 12.5. The molecule has 2 rings (SSSR count). The first kappa shape index (κ1) is 25.0. The van der Waals surface area contributed by atoms with Gasteiger partial charge in [0, 0.05) is 11.3 Å². The van der Waals surface area contributed by atoms with Gasteiger partial charge >= 0.3 is 5.97 Å². The Morgan fingerprint density at radius 1 is 1.19 bits per heavy atom. The van der Waals surface area contributed by atoms with Crippen LogP contribution in [-0.2, 0) is 21.2 Å². The van der Waals surface area contributed by atoms with Crippen LogP contribution in [0.2, 0.25) is 0 Å². The zero-order chi connectivity index (χ0) is 23.6. The summed E-state index contributed by atoms with van der Waals surface area (Å²) >= 11 is 0. The Morgan fingerprint density at radius 3 is 2.53 bits per heavy atom. The first-order valence-electron chi connectivity index (χ1n) is 9.96. The summed E-state index contributed by atoms with van der Waals surface area (Å²) in [6.45, 7) is 1.86. The number of carbonyl (C=O) groups excluding carboxylic acids is 1. The van der Waals surface area contributed by atoms with Gasteiger partial charge in [-0.15, -0.1) is 0 Å². The topological polar surface area (TPSA) is 163 Å². The Labute approximate surface area is 187 Å². The van der Waals surface area contributed by atoms with Crippen molar-refractivity contribution in [2.75, 3.05) is 11.1 Å². The lowest BCUT2D eigenvalue weighted by molar-refractivity contribution is -0.138. The molecule has 10 nitrogen and oxygen atoms in total. The van der Waals surface area contributed by atoms with Gasteiger partial charge in [0.2, 0.25) is 10.0 Å². The van der Waals surface area contributed by atoms with Crippen LogP contribution in [0.5, 0.6) is 0 Å². The van der Waals surface area contributed by atoms with E-state index in [1.807, 2.05) is 6.92 Å². The van der Waals surface area contributed by atoms with E-state index in [-0.39, 0.29) is 18.1 Å². The third-order valence-electron chi connectivity index (χ3n) is 4.43. The number of benzene rings is 2. The molecule has 1 unspecified atom stereocenters. The number of unbranched alkanes of at least 4 members (excludes halogenated alkanes) is 1. The van der Waals surface area contributed by atoms with Crippen LogP contribution in [-0.4, -0.2) is 43.5 Å². The molecule has 11 heteroatoms. The normalized spacial score (nSPS) is 12.4. The summed E-state index contributed by atoms with van der Waals surface area (Å²) in [6, 6.07) is 11.9. The van der Waals surface area contributed by atoms with Gasteiger partial charge in [-0.1, -0.05) is 31.5 Å². The smallest absolute Gasteiger partial charge is 0.322 e. The van der Waals surface area contributed by atoms with Gasteiger partial charge in [0.1, 0.15) is 12.4 Å². The molecule has 32 heavy (non-hydrogen) atoms. The van der Waals surface area contributed by atoms with Crippen LogP contribution < -0.4 is 21.3 Å². The number of aliphatic imine (C=N–C) groups is 1. The molecule has 0 aliphatic carbocycles. The minimum Gasteiger partial charge on any atom is -0.480 e. The van der Waals surface area contributed by atoms with Gasteiger partial charge < -0.3 is 15.8 Å². The van der Waals surface area contributed by atoms with Gasteiger partial charge in [-0.2, -0.15) is 0 Å². The van der Waals surface area contributed by atoms with Gasteiger partial charge in [0.25, 0.3) is 5.91 Å². The van der Waals surface area contributed by atoms with Crippen molar-refractivity contribution in [3.63, 3.8) is 0 Å². The highest BCUT2D eigenvalue weighted by Gasteiger charge is 2.24. The number of hydrogen-bond acceptors (Lipinski definition) is 6. The van der Waals surface area contributed by atoms with Crippen molar-refractivity contribution in [3.8, 4) is 0 Å². The zero-order valence-corrected chi connectivity index (χ0v) is 18.4. The summed E-state index contributed by atoms with van der Waals surface area (Å²) in [4.78, 5) is 28.0. The maximum atomic E-state index is 12.5. The second-order valence-corrected chi connectivity index (χ2v) is 8.88. The van der Waals surface area contributed by atoms with Crippen LogP contribution in [0.15, 0.2) is 53.5 Å². The average Bonchev–Trinajstić information content (AvgIpc) is 2.77. The molecule has 6 N–H and O–H groups in total. The zero-order valence-electron chi connectivity index (χ0n) is 17.6. The number of anilines is 1. The standard InChI is InChI=1S/C21H27N5O5S/c1-2-3-11-32(30,31)26-19(21(28)29)12-15-7-9-17(10-8-15)25-20(27)16-5-4-6-18(13-16)23-14-24-22/h4-10,13-14,19,26H,2-3,11-12,22H2,1H3,(H,23,24)(H,25,27)(H,28,29). The number of rotatable bonds is 12. The van der Waals surface area contributed by atoms with Crippen LogP contribution in [0.3, 0.4) is 0 Å². The summed E-state index contributed by atoms with van der Waals surface area (Å²) in [6.07, 6.45) is 2.41. The number of carbonyl (C=O) groups is 2. The van der Waals surface area contributed by atoms with Crippen LogP contribution in [0.25, 0.3) is 0 Å². The van der Waals surface area contributed by atoms with Crippen LogP contribution in [0.4, 0.5) is 11.4 Å². The molecular weight excluding hydrogens is 434 g/mol. The fourth-order valence-electron chi connectivity index (χ4n) is 2.79. The lowest BCUT2D eigenvalue weighted by atomic mass is 10.1. The number of carboxylic acids is 1. The second kappa shape index (κ2) is 11.9. The van der Waals surface area contributed by atoms with E-state index >= 15 is 0 Å². The van der Waals surface area contributed by atoms with Crippen molar-refractivity contribution in [2.24, 2.45) is 10.8 Å². The number of carboxylic acid groups (broad SMARTS) is 1. The third-order valence-corrected chi connectivity index (χ3v) is 5.90. The molecule has 2 aromatic rings. The molecule has 0 aliphatic rings. The van der Waals surface area contributed by atoms with Crippen molar-refractivity contribution in [1.29, 1.82) is 0 Å². The lowest BCUT2D eigenvalue weighted by Gasteiger charge is -2.15. The van der Waals surface area contributed by atoms with Crippen molar-refractivity contribution in [3.05, 3.63) is 59.7 Å². The molecule has 1 amide bonds. The molecule has 1 atom stereocenters. The van der Waals surface area contributed by atoms with E-state index in [4.69, 9.17) is 5.84 Å². The number of sulfonamides is 1. The Bertz CT molecular complexity index is 1050. The number of nitrogens with zero attached hydrogens (tertiary/aromatic N) is 1. The predicted molar refractivity (Wildman–Crippen MR) is 123 cm³/mol. The Balaban J connectivity index is 2.03. The highest BCUT2D eigenvalue weighted by Crippen LogP contribution is 2.17. The van der Waals surface area contributed by atoms with Crippen molar-refractivity contribution in [1.82, 2.24) is 10.1 Å². The van der Waals surface area contributed by atoms with Crippen LogP contribution in [0, 0.1) is 0 Å². The molecule has 0 heterocycles. The minimum atomic E-state index is -3.68. The first-order chi connectivity index (χ1) is 15.2. The Hall–Kier alpha value is -3.28. The van der Waals surface area contributed by atoms with Crippen molar-refractivity contribution >= 4 is 39.6 Å². The molecule has 0 saturated carbocycles. The Morgan fingerprint density at radius 2 is 1.91 bits per heavy atom. The minimum absolute atomic E-state index is 0.0237. The van der Waals surface area contributed by atoms with Gasteiger partial charge in [-0.25, -0.2) is 24.0 Å². The molecule has 0 spiro atoms. The Kier molecular flexibility index (Phi) is 9.32. The molecule has 0 saturated heterocycles. The number of hydrogen-bond donors (Lipinski definition) is 5. The second-order valence-electron chi connectivity index (χ2n) is 7.01. The van der Waals surface area contributed by atoms with Gasteiger partial charge in [-0.3, -0.25) is 9.59 Å². The molecular formula is C21H27N5O5S. The molecule has 0 fully saturated rings. The summed E-state index contributed by atoms with van der Waals surface area (Å²) in [5.41, 5.74) is 4.35. The molecule has 2 aromatic carbocycles. The van der Waals surface area contributed by atoms with E-state index in [2.05, 4.69) is 20.5 Å². The first-order valence-corrected chi connectivity index (χ1v) is 11.6. The number of nitrogens with two attached hydrogens (primary N) is 1. The van der Waals surface area contributed by atoms with Crippen LogP contribution in [0.1, 0.15) is 35.7 Å². The van der Waals surface area contributed by atoms with E-state index in [1.54, 1.807) is 48.5 Å². The lowest BCUT2D eigenvalue weighted by Crippen LogP contribution is -2.43. The van der Waals surface area contributed by atoms with Gasteiger partial charge in [0.15, 0.2) is 0 Å². The fourth-order valence-corrected chi connectivity index (χ4v) is 4.20. The molecule has 0 radical (unpaired) electrons. The van der Waals surface area contributed by atoms with E-state index < -0.39 is 22.0 Å². The van der Waals surface area contributed by atoms with Gasteiger partial charge in [0.05, 0.1) is 11.4 Å². The summed E-state index contributed by atoms with van der Waals surface area (Å²) in [7, 11) is -3.68. The molecule has 172 valence electrons. The quantitative estimate of drug-likeness (QED) is 0.139. The molecule has 0 aromatic heterocycles. The largest absolute Gasteiger partial charge is 0.480 e. The summed E-state index contributed by atoms with van der Waals surface area (Å²) in [5, 5.41) is 12.1. The van der Waals surface area contributed by atoms with E-state index in [9.17, 15) is 23.1 Å². The average molecular weight is 462 g/mol. The number of nitrogens with one attached hydrogen (secondary N) is 3. The number of amides is 1. The third kappa shape index (κ3) is 8.10. The molecule has 0 aliphatic heterocycles. The van der Waals surface area contributed by atoms with Crippen molar-refractivity contribution in [2.45, 2.75) is 32.2 Å². The fraction of sp³-hybridized carbons (Fsp3) is 0.286.